The van der Waals surface area contributed by atoms with Crippen molar-refractivity contribution in [1.82, 2.24) is 4.98 Å². The normalized spacial score (nSPS) is 11.0. The summed E-state index contributed by atoms with van der Waals surface area (Å²) in [7, 11) is 0. The number of carbonyl (C=O) groups is 1. The van der Waals surface area contributed by atoms with Gasteiger partial charge in [0.2, 0.25) is 0 Å². The van der Waals surface area contributed by atoms with Crippen molar-refractivity contribution in [3.05, 3.63) is 69.1 Å². The molecule has 0 saturated heterocycles. The topological polar surface area (TPSA) is 32.9 Å². The van der Waals surface area contributed by atoms with Crippen LogP contribution in [0, 0.1) is 12.7 Å². The Morgan fingerprint density at radius 2 is 1.95 bits per heavy atom. The number of H-pyrrole nitrogens is 1. The maximum Gasteiger partial charge on any atom is 0.195 e. The number of halogens is 3. The van der Waals surface area contributed by atoms with Gasteiger partial charge >= 0.3 is 0 Å². The minimum atomic E-state index is -0.408. The van der Waals surface area contributed by atoms with E-state index in [2.05, 4.69) is 4.98 Å². The van der Waals surface area contributed by atoms with E-state index in [1.54, 1.807) is 37.4 Å². The van der Waals surface area contributed by atoms with Gasteiger partial charge in [0, 0.05) is 33.2 Å². The molecule has 1 aromatic heterocycles. The van der Waals surface area contributed by atoms with E-state index in [4.69, 9.17) is 23.2 Å². The lowest BCUT2D eigenvalue weighted by molar-refractivity contribution is 0.104. The number of nitrogens with one attached hydrogen (secondary N) is 1. The Labute approximate surface area is 130 Å². The highest BCUT2D eigenvalue weighted by Crippen LogP contribution is 2.31. The van der Waals surface area contributed by atoms with Crippen LogP contribution >= 0.6 is 23.2 Å². The molecule has 0 spiro atoms. The van der Waals surface area contributed by atoms with Crippen LogP contribution in [-0.2, 0) is 0 Å². The van der Waals surface area contributed by atoms with Crippen LogP contribution in [0.15, 0.2) is 36.5 Å². The first-order valence-corrected chi connectivity index (χ1v) is 7.00. The number of rotatable bonds is 2. The van der Waals surface area contributed by atoms with E-state index in [1.807, 2.05) is 0 Å². The van der Waals surface area contributed by atoms with E-state index in [-0.39, 0.29) is 11.3 Å². The van der Waals surface area contributed by atoms with Gasteiger partial charge in [-0.25, -0.2) is 4.39 Å². The molecule has 5 heteroatoms. The summed E-state index contributed by atoms with van der Waals surface area (Å²) in [6, 6.07) is 7.68. The van der Waals surface area contributed by atoms with Crippen LogP contribution in [0.2, 0.25) is 10.0 Å². The van der Waals surface area contributed by atoms with Gasteiger partial charge < -0.3 is 4.98 Å². The summed E-state index contributed by atoms with van der Waals surface area (Å²) in [5, 5.41) is 1.46. The number of ketones is 1. The molecule has 21 heavy (non-hydrogen) atoms. The van der Waals surface area contributed by atoms with Crippen LogP contribution in [-0.4, -0.2) is 10.8 Å². The van der Waals surface area contributed by atoms with Crippen molar-refractivity contribution in [3.8, 4) is 0 Å². The lowest BCUT2D eigenvalue weighted by atomic mass is 10.0. The minimum Gasteiger partial charge on any atom is -0.360 e. The van der Waals surface area contributed by atoms with Crippen LogP contribution < -0.4 is 0 Å². The molecule has 2 aromatic carbocycles. The summed E-state index contributed by atoms with van der Waals surface area (Å²) in [6.45, 7) is 1.65. The largest absolute Gasteiger partial charge is 0.360 e. The Morgan fingerprint density at radius 1 is 1.19 bits per heavy atom. The first-order chi connectivity index (χ1) is 9.97. The van der Waals surface area contributed by atoms with Gasteiger partial charge in [-0.05, 0) is 30.7 Å². The highest BCUT2D eigenvalue weighted by Gasteiger charge is 2.17. The predicted octanol–water partition coefficient (Wildman–Crippen LogP) is 5.15. The maximum atomic E-state index is 13.6. The molecule has 0 aliphatic carbocycles. The third kappa shape index (κ3) is 2.43. The van der Waals surface area contributed by atoms with Gasteiger partial charge in [-0.1, -0.05) is 35.3 Å². The molecular weight excluding hydrogens is 312 g/mol. The van der Waals surface area contributed by atoms with E-state index < -0.39 is 5.82 Å². The molecule has 1 heterocycles. The van der Waals surface area contributed by atoms with Crippen LogP contribution in [0.4, 0.5) is 4.39 Å². The van der Waals surface area contributed by atoms with Gasteiger partial charge in [0.15, 0.2) is 5.78 Å². The molecule has 0 atom stereocenters. The first-order valence-electron chi connectivity index (χ1n) is 6.24. The molecule has 3 rings (SSSR count). The van der Waals surface area contributed by atoms with E-state index in [9.17, 15) is 9.18 Å². The summed E-state index contributed by atoms with van der Waals surface area (Å²) in [4.78, 5) is 15.5. The summed E-state index contributed by atoms with van der Waals surface area (Å²) in [6.07, 6.45) is 1.56. The molecule has 0 fully saturated rings. The molecule has 0 radical (unpaired) electrons. The Kier molecular flexibility index (Phi) is 3.47. The van der Waals surface area contributed by atoms with Crippen molar-refractivity contribution in [2.75, 3.05) is 0 Å². The second kappa shape index (κ2) is 5.17. The predicted molar refractivity (Wildman–Crippen MR) is 82.9 cm³/mol. The van der Waals surface area contributed by atoms with Crippen LogP contribution in [0.1, 0.15) is 21.5 Å². The molecule has 0 aliphatic rings. The fraction of sp³-hybridized carbons (Fsp3) is 0.0625. The number of fused-ring (bicyclic) bond motifs is 1. The summed E-state index contributed by atoms with van der Waals surface area (Å²) < 4.78 is 13.6. The van der Waals surface area contributed by atoms with E-state index >= 15 is 0 Å². The van der Waals surface area contributed by atoms with Gasteiger partial charge in [-0.2, -0.15) is 0 Å². The molecule has 0 unspecified atom stereocenters. The number of aromatic nitrogens is 1. The van der Waals surface area contributed by atoms with Gasteiger partial charge in [-0.3, -0.25) is 4.79 Å². The highest BCUT2D eigenvalue weighted by atomic mass is 35.5. The standard InChI is InChI=1S/C16H10Cl2FNO/c1-8-2-3-9(4-13(8)19)16(21)11-7-20-14-6-10(17)5-12(18)15(11)14/h2-7,20H,1H3. The average molecular weight is 322 g/mol. The summed E-state index contributed by atoms with van der Waals surface area (Å²) in [5.74, 6) is -0.695. The lowest BCUT2D eigenvalue weighted by Gasteiger charge is -2.03. The summed E-state index contributed by atoms with van der Waals surface area (Å²) >= 11 is 12.1. The molecule has 3 aromatic rings. The number of aryl methyl sites for hydroxylation is 1. The molecular formula is C16H10Cl2FNO. The maximum absolute atomic E-state index is 13.6. The summed E-state index contributed by atoms with van der Waals surface area (Å²) in [5.41, 5.74) is 1.85. The zero-order valence-corrected chi connectivity index (χ0v) is 12.5. The monoisotopic (exact) mass is 321 g/mol. The molecule has 106 valence electrons. The Balaban J connectivity index is 2.16. The molecule has 1 N–H and O–H groups in total. The van der Waals surface area contributed by atoms with Crippen LogP contribution in [0.25, 0.3) is 10.9 Å². The van der Waals surface area contributed by atoms with Crippen molar-refractivity contribution in [2.24, 2.45) is 0 Å². The van der Waals surface area contributed by atoms with Crippen molar-refractivity contribution in [3.63, 3.8) is 0 Å². The molecule has 0 aliphatic heterocycles. The minimum absolute atomic E-state index is 0.282. The third-order valence-corrected chi connectivity index (χ3v) is 3.89. The van der Waals surface area contributed by atoms with Gasteiger partial charge in [0.1, 0.15) is 5.82 Å². The van der Waals surface area contributed by atoms with Gasteiger partial charge in [0.05, 0.1) is 5.02 Å². The molecule has 0 amide bonds. The van der Waals surface area contributed by atoms with E-state index in [1.165, 1.54) is 6.07 Å². The highest BCUT2D eigenvalue weighted by molar-refractivity contribution is 6.40. The van der Waals surface area contributed by atoms with Crippen LogP contribution in [0.3, 0.4) is 0 Å². The van der Waals surface area contributed by atoms with Crippen molar-refractivity contribution >= 4 is 39.9 Å². The molecule has 2 nitrogen and oxygen atoms in total. The van der Waals surface area contributed by atoms with Gasteiger partial charge in [0.25, 0.3) is 0 Å². The smallest absolute Gasteiger partial charge is 0.195 e. The Bertz CT molecular complexity index is 870. The van der Waals surface area contributed by atoms with Crippen molar-refractivity contribution < 1.29 is 9.18 Å². The second-order valence-electron chi connectivity index (χ2n) is 4.81. The average Bonchev–Trinajstić information content (AvgIpc) is 2.85. The number of hydrogen-bond donors (Lipinski definition) is 1. The number of carbonyl (C=O) groups excluding carboxylic acids is 1. The van der Waals surface area contributed by atoms with E-state index in [0.717, 1.165) is 0 Å². The second-order valence-corrected chi connectivity index (χ2v) is 5.65. The zero-order chi connectivity index (χ0) is 15.1. The van der Waals surface area contributed by atoms with Crippen molar-refractivity contribution in [1.29, 1.82) is 0 Å². The number of aromatic amines is 1. The van der Waals surface area contributed by atoms with E-state index in [0.29, 0.717) is 32.1 Å². The third-order valence-electron chi connectivity index (χ3n) is 3.37. The van der Waals surface area contributed by atoms with Gasteiger partial charge in [-0.15, -0.1) is 0 Å². The molecule has 0 saturated carbocycles. The zero-order valence-electron chi connectivity index (χ0n) is 11.0. The fourth-order valence-corrected chi connectivity index (χ4v) is 2.85. The SMILES string of the molecule is Cc1ccc(C(=O)c2c[nH]c3cc(Cl)cc(Cl)c23)cc1F. The van der Waals surface area contributed by atoms with Crippen molar-refractivity contribution in [2.45, 2.75) is 6.92 Å². The molecule has 0 bridgehead atoms. The Hall–Kier alpha value is -1.84. The quantitative estimate of drug-likeness (QED) is 0.650. The number of hydrogen-bond acceptors (Lipinski definition) is 1. The number of benzene rings is 2. The van der Waals surface area contributed by atoms with Crippen LogP contribution in [0.5, 0.6) is 0 Å². The Morgan fingerprint density at radius 3 is 2.67 bits per heavy atom. The lowest BCUT2D eigenvalue weighted by Crippen LogP contribution is -2.01. The first kappa shape index (κ1) is 14.1. The fourth-order valence-electron chi connectivity index (χ4n) is 2.25.